The highest BCUT2D eigenvalue weighted by molar-refractivity contribution is 5.85. The minimum absolute atomic E-state index is 0. The van der Waals surface area contributed by atoms with Crippen LogP contribution < -0.4 is 10.6 Å². The molecule has 0 spiro atoms. The maximum absolute atomic E-state index is 12.3. The fourth-order valence-corrected chi connectivity index (χ4v) is 3.40. The molecule has 1 aromatic rings. The Morgan fingerprint density at radius 1 is 1.33 bits per heavy atom. The lowest BCUT2D eigenvalue weighted by Gasteiger charge is -2.33. The summed E-state index contributed by atoms with van der Waals surface area (Å²) < 4.78 is 5.81. The average molecular weight is 354 g/mol. The minimum Gasteiger partial charge on any atom is -0.374 e. The lowest BCUT2D eigenvalue weighted by atomic mass is 9.97. The van der Waals surface area contributed by atoms with Crippen molar-refractivity contribution < 1.29 is 9.53 Å². The van der Waals surface area contributed by atoms with Crippen molar-refractivity contribution in [2.75, 3.05) is 39.3 Å². The van der Waals surface area contributed by atoms with Gasteiger partial charge in [0.25, 0.3) is 0 Å². The Kier molecular flexibility index (Phi) is 7.49. The molecule has 24 heavy (non-hydrogen) atoms. The third kappa shape index (κ3) is 5.18. The zero-order chi connectivity index (χ0) is 16.1. The number of halogens is 1. The van der Waals surface area contributed by atoms with Crippen LogP contribution in [-0.2, 0) is 16.1 Å². The van der Waals surface area contributed by atoms with Gasteiger partial charge in [-0.2, -0.15) is 0 Å². The minimum atomic E-state index is 0. The van der Waals surface area contributed by atoms with E-state index in [0.717, 1.165) is 39.3 Å². The number of amides is 1. The zero-order valence-corrected chi connectivity index (χ0v) is 15.1. The molecule has 134 valence electrons. The second-order valence-electron chi connectivity index (χ2n) is 6.70. The van der Waals surface area contributed by atoms with Gasteiger partial charge in [0.1, 0.15) is 0 Å². The van der Waals surface area contributed by atoms with Gasteiger partial charge < -0.3 is 15.4 Å². The number of hydrogen-bond acceptors (Lipinski definition) is 4. The number of nitrogens with zero attached hydrogens (tertiary/aromatic N) is 1. The van der Waals surface area contributed by atoms with Crippen molar-refractivity contribution in [3.63, 3.8) is 0 Å². The molecule has 3 atom stereocenters. The number of morpholine rings is 1. The number of rotatable bonds is 5. The van der Waals surface area contributed by atoms with Crippen molar-refractivity contribution in [3.8, 4) is 0 Å². The molecule has 0 radical (unpaired) electrons. The Bertz CT molecular complexity index is 514. The zero-order valence-electron chi connectivity index (χ0n) is 14.2. The molecular formula is C18H28ClN3O2. The molecule has 0 aromatic heterocycles. The molecule has 2 aliphatic rings. The highest BCUT2D eigenvalue weighted by Gasteiger charge is 2.30. The highest BCUT2D eigenvalue weighted by atomic mass is 35.5. The van der Waals surface area contributed by atoms with Gasteiger partial charge in [-0.3, -0.25) is 9.69 Å². The molecule has 1 aromatic carbocycles. The van der Waals surface area contributed by atoms with Crippen LogP contribution in [0.3, 0.4) is 0 Å². The molecular weight excluding hydrogens is 326 g/mol. The van der Waals surface area contributed by atoms with Crippen molar-refractivity contribution in [2.45, 2.75) is 19.6 Å². The SMILES string of the molecule is C[C@@H]1CNC[C@H]1C(=O)NCC1CN(Cc2ccccc2)CCO1.Cl. The average Bonchev–Trinajstić information content (AvgIpc) is 3.00. The van der Waals surface area contributed by atoms with Crippen LogP contribution in [0.5, 0.6) is 0 Å². The quantitative estimate of drug-likeness (QED) is 0.837. The first-order valence-corrected chi connectivity index (χ1v) is 8.58. The normalized spacial score (nSPS) is 27.5. The van der Waals surface area contributed by atoms with Gasteiger partial charge in [-0.25, -0.2) is 0 Å². The fourth-order valence-electron chi connectivity index (χ4n) is 3.40. The van der Waals surface area contributed by atoms with E-state index in [1.54, 1.807) is 0 Å². The first-order valence-electron chi connectivity index (χ1n) is 8.58. The predicted molar refractivity (Wildman–Crippen MR) is 97.2 cm³/mol. The molecule has 2 aliphatic heterocycles. The third-order valence-electron chi connectivity index (χ3n) is 4.83. The molecule has 2 saturated heterocycles. The van der Waals surface area contributed by atoms with Crippen LogP contribution in [0.1, 0.15) is 12.5 Å². The van der Waals surface area contributed by atoms with Crippen LogP contribution in [0.15, 0.2) is 30.3 Å². The molecule has 0 aliphatic carbocycles. The summed E-state index contributed by atoms with van der Waals surface area (Å²) in [5, 5.41) is 6.35. The van der Waals surface area contributed by atoms with Gasteiger partial charge in [0.2, 0.25) is 5.91 Å². The molecule has 1 amide bonds. The van der Waals surface area contributed by atoms with Crippen molar-refractivity contribution in [1.29, 1.82) is 0 Å². The van der Waals surface area contributed by atoms with Gasteiger partial charge in [-0.05, 0) is 18.0 Å². The van der Waals surface area contributed by atoms with Gasteiger partial charge in [0.05, 0.1) is 18.6 Å². The second-order valence-corrected chi connectivity index (χ2v) is 6.70. The molecule has 1 unspecified atom stereocenters. The third-order valence-corrected chi connectivity index (χ3v) is 4.83. The van der Waals surface area contributed by atoms with E-state index in [-0.39, 0.29) is 30.3 Å². The van der Waals surface area contributed by atoms with Crippen molar-refractivity contribution >= 4 is 18.3 Å². The fraction of sp³-hybridized carbons (Fsp3) is 0.611. The molecule has 3 rings (SSSR count). The number of ether oxygens (including phenoxy) is 1. The number of carbonyl (C=O) groups excluding carboxylic acids is 1. The summed E-state index contributed by atoms with van der Waals surface area (Å²) in [5.74, 6) is 0.669. The predicted octanol–water partition coefficient (Wildman–Crippen LogP) is 1.28. The largest absolute Gasteiger partial charge is 0.374 e. The Hall–Kier alpha value is -1.14. The summed E-state index contributed by atoms with van der Waals surface area (Å²) in [6, 6.07) is 10.5. The van der Waals surface area contributed by atoms with E-state index in [2.05, 4.69) is 46.7 Å². The monoisotopic (exact) mass is 353 g/mol. The standard InChI is InChI=1S/C18H27N3O2.ClH/c1-14-9-19-11-17(14)18(22)20-10-16-13-21(7-8-23-16)12-15-5-3-2-4-6-15;/h2-6,14,16-17,19H,7-13H2,1H3,(H,20,22);1H/t14-,16?,17-;/m1./s1. The van der Waals surface area contributed by atoms with Gasteiger partial charge in [-0.1, -0.05) is 37.3 Å². The van der Waals surface area contributed by atoms with Gasteiger partial charge in [-0.15, -0.1) is 12.4 Å². The van der Waals surface area contributed by atoms with E-state index in [4.69, 9.17) is 4.74 Å². The molecule has 6 heteroatoms. The summed E-state index contributed by atoms with van der Waals surface area (Å²) in [6.07, 6.45) is 0.0843. The summed E-state index contributed by atoms with van der Waals surface area (Å²) >= 11 is 0. The Morgan fingerprint density at radius 2 is 2.12 bits per heavy atom. The summed E-state index contributed by atoms with van der Waals surface area (Å²) in [5.41, 5.74) is 1.32. The van der Waals surface area contributed by atoms with Crippen LogP contribution in [-0.4, -0.2) is 56.2 Å². The van der Waals surface area contributed by atoms with Gasteiger partial charge >= 0.3 is 0 Å². The molecule has 0 saturated carbocycles. The molecule has 2 fully saturated rings. The van der Waals surface area contributed by atoms with E-state index in [1.165, 1.54) is 5.56 Å². The molecule has 2 N–H and O–H groups in total. The van der Waals surface area contributed by atoms with Crippen LogP contribution in [0.25, 0.3) is 0 Å². The van der Waals surface area contributed by atoms with Crippen molar-refractivity contribution in [2.24, 2.45) is 11.8 Å². The summed E-state index contributed by atoms with van der Waals surface area (Å²) in [4.78, 5) is 14.6. The van der Waals surface area contributed by atoms with E-state index < -0.39 is 0 Å². The highest BCUT2D eigenvalue weighted by Crippen LogP contribution is 2.16. The lowest BCUT2D eigenvalue weighted by molar-refractivity contribution is -0.126. The second kappa shape index (κ2) is 9.37. The van der Waals surface area contributed by atoms with E-state index in [0.29, 0.717) is 12.5 Å². The molecule has 2 heterocycles. The topological polar surface area (TPSA) is 53.6 Å². The van der Waals surface area contributed by atoms with Crippen LogP contribution in [0.4, 0.5) is 0 Å². The number of hydrogen-bond donors (Lipinski definition) is 2. The summed E-state index contributed by atoms with van der Waals surface area (Å²) in [7, 11) is 0. The van der Waals surface area contributed by atoms with Crippen molar-refractivity contribution in [1.82, 2.24) is 15.5 Å². The number of benzene rings is 1. The van der Waals surface area contributed by atoms with Gasteiger partial charge in [0, 0.05) is 32.7 Å². The Labute approximate surface area is 150 Å². The maximum Gasteiger partial charge on any atom is 0.224 e. The Morgan fingerprint density at radius 3 is 2.83 bits per heavy atom. The van der Waals surface area contributed by atoms with Crippen LogP contribution >= 0.6 is 12.4 Å². The van der Waals surface area contributed by atoms with Crippen LogP contribution in [0.2, 0.25) is 0 Å². The molecule has 0 bridgehead atoms. The van der Waals surface area contributed by atoms with Crippen LogP contribution in [0, 0.1) is 11.8 Å². The summed E-state index contributed by atoms with van der Waals surface area (Å²) in [6.45, 7) is 7.95. The first-order chi connectivity index (χ1) is 11.2. The van der Waals surface area contributed by atoms with E-state index in [9.17, 15) is 4.79 Å². The Balaban J connectivity index is 0.00000208. The van der Waals surface area contributed by atoms with Crippen molar-refractivity contribution in [3.05, 3.63) is 35.9 Å². The van der Waals surface area contributed by atoms with E-state index >= 15 is 0 Å². The molecule has 5 nitrogen and oxygen atoms in total. The van der Waals surface area contributed by atoms with Gasteiger partial charge in [0.15, 0.2) is 0 Å². The smallest absolute Gasteiger partial charge is 0.224 e. The lowest BCUT2D eigenvalue weighted by Crippen LogP contribution is -2.48. The number of nitrogens with one attached hydrogen (secondary N) is 2. The van der Waals surface area contributed by atoms with E-state index in [1.807, 2.05) is 6.07 Å². The first kappa shape index (κ1) is 19.2. The maximum atomic E-state index is 12.3. The number of carbonyl (C=O) groups is 1.